The number of carbonyl (C=O) groups excluding carboxylic acids is 1. The first-order valence-electron chi connectivity index (χ1n) is 5.35. The number of methoxy groups -OCH3 is 1. The van der Waals surface area contributed by atoms with E-state index in [9.17, 15) is 9.90 Å². The van der Waals surface area contributed by atoms with Crippen LogP contribution < -0.4 is 15.8 Å². The summed E-state index contributed by atoms with van der Waals surface area (Å²) in [7, 11) is 1.54. The number of amides is 1. The Labute approximate surface area is 101 Å². The number of anilines is 1. The fourth-order valence-electron chi connectivity index (χ4n) is 1.50. The van der Waals surface area contributed by atoms with Crippen molar-refractivity contribution in [3.05, 3.63) is 23.8 Å². The molecule has 0 saturated carbocycles. The molecule has 1 amide bonds. The third-order valence-electron chi connectivity index (χ3n) is 2.39. The lowest BCUT2D eigenvalue weighted by molar-refractivity contribution is -0.114. The highest BCUT2D eigenvalue weighted by molar-refractivity contribution is 5.90. The van der Waals surface area contributed by atoms with Crippen molar-refractivity contribution in [1.29, 1.82) is 0 Å². The van der Waals surface area contributed by atoms with E-state index in [-0.39, 0.29) is 5.91 Å². The van der Waals surface area contributed by atoms with Gasteiger partial charge in [0.15, 0.2) is 0 Å². The maximum atomic E-state index is 11.1. The summed E-state index contributed by atoms with van der Waals surface area (Å²) in [6.45, 7) is 3.11. The summed E-state index contributed by atoms with van der Waals surface area (Å²) in [5.74, 6) is 0.394. The first-order valence-corrected chi connectivity index (χ1v) is 5.35. The Kier molecular flexibility index (Phi) is 4.48. The van der Waals surface area contributed by atoms with E-state index in [2.05, 4.69) is 5.32 Å². The van der Waals surface area contributed by atoms with Crippen molar-refractivity contribution in [2.75, 3.05) is 12.4 Å². The molecule has 94 valence electrons. The summed E-state index contributed by atoms with van der Waals surface area (Å²) in [4.78, 5) is 11.1. The highest BCUT2D eigenvalue weighted by Crippen LogP contribution is 2.28. The van der Waals surface area contributed by atoms with E-state index < -0.39 is 12.1 Å². The van der Waals surface area contributed by atoms with Crippen molar-refractivity contribution in [3.63, 3.8) is 0 Å². The molecule has 0 radical (unpaired) electrons. The Morgan fingerprint density at radius 3 is 2.65 bits per heavy atom. The van der Waals surface area contributed by atoms with Crippen LogP contribution in [0.3, 0.4) is 0 Å². The number of aliphatic hydroxyl groups excluding tert-OH is 1. The second-order valence-electron chi connectivity index (χ2n) is 3.94. The van der Waals surface area contributed by atoms with E-state index in [1.807, 2.05) is 0 Å². The zero-order valence-electron chi connectivity index (χ0n) is 10.2. The molecule has 0 heterocycles. The fourth-order valence-corrected chi connectivity index (χ4v) is 1.50. The van der Waals surface area contributed by atoms with Gasteiger partial charge in [-0.15, -0.1) is 0 Å². The number of nitrogens with one attached hydrogen (secondary N) is 1. The Bertz CT molecular complexity index is 405. The Balaban J connectivity index is 3.14. The van der Waals surface area contributed by atoms with E-state index in [1.165, 1.54) is 14.0 Å². The maximum Gasteiger partial charge on any atom is 0.221 e. The molecular weight excluding hydrogens is 220 g/mol. The van der Waals surface area contributed by atoms with Gasteiger partial charge >= 0.3 is 0 Å². The summed E-state index contributed by atoms with van der Waals surface area (Å²) < 4.78 is 5.07. The van der Waals surface area contributed by atoms with Gasteiger partial charge in [0.25, 0.3) is 0 Å². The van der Waals surface area contributed by atoms with Gasteiger partial charge in [0.1, 0.15) is 5.75 Å². The largest absolute Gasteiger partial charge is 0.497 e. The zero-order chi connectivity index (χ0) is 13.0. The maximum absolute atomic E-state index is 11.1. The molecule has 0 spiro atoms. The van der Waals surface area contributed by atoms with Gasteiger partial charge in [-0.05, 0) is 13.0 Å². The SMILES string of the molecule is COc1ccc(C(O)C(C)N)c(NC(C)=O)c1. The van der Waals surface area contributed by atoms with Gasteiger partial charge < -0.3 is 20.9 Å². The molecule has 17 heavy (non-hydrogen) atoms. The van der Waals surface area contributed by atoms with Gasteiger partial charge in [0.05, 0.1) is 18.9 Å². The summed E-state index contributed by atoms with van der Waals surface area (Å²) >= 11 is 0. The first kappa shape index (κ1) is 13.5. The smallest absolute Gasteiger partial charge is 0.221 e. The molecule has 0 bridgehead atoms. The first-order chi connectivity index (χ1) is 7.95. The van der Waals surface area contributed by atoms with Crippen molar-refractivity contribution in [2.45, 2.75) is 26.0 Å². The molecule has 1 rings (SSSR count). The number of carbonyl (C=O) groups is 1. The lowest BCUT2D eigenvalue weighted by Crippen LogP contribution is -2.25. The van der Waals surface area contributed by atoms with Crippen LogP contribution in [0.1, 0.15) is 25.5 Å². The van der Waals surface area contributed by atoms with Crippen LogP contribution in [-0.2, 0) is 4.79 Å². The third kappa shape index (κ3) is 3.44. The molecule has 1 aromatic rings. The van der Waals surface area contributed by atoms with Gasteiger partial charge in [0, 0.05) is 24.6 Å². The standard InChI is InChI=1S/C12H18N2O3/c1-7(13)12(16)10-5-4-9(17-3)6-11(10)14-8(2)15/h4-7,12,16H,13H2,1-3H3,(H,14,15). The van der Waals surface area contributed by atoms with Crippen molar-refractivity contribution < 1.29 is 14.6 Å². The molecule has 5 nitrogen and oxygen atoms in total. The molecule has 2 unspecified atom stereocenters. The fraction of sp³-hybridized carbons (Fsp3) is 0.417. The average molecular weight is 238 g/mol. The number of hydrogen-bond acceptors (Lipinski definition) is 4. The Morgan fingerprint density at radius 2 is 2.18 bits per heavy atom. The lowest BCUT2D eigenvalue weighted by atomic mass is 10.0. The highest BCUT2D eigenvalue weighted by Gasteiger charge is 2.17. The number of benzene rings is 1. The van der Waals surface area contributed by atoms with Gasteiger partial charge in [-0.2, -0.15) is 0 Å². The molecular formula is C12H18N2O3. The average Bonchev–Trinajstić information content (AvgIpc) is 2.27. The lowest BCUT2D eigenvalue weighted by Gasteiger charge is -2.19. The number of aliphatic hydroxyl groups is 1. The zero-order valence-corrected chi connectivity index (χ0v) is 10.2. The monoisotopic (exact) mass is 238 g/mol. The van der Waals surface area contributed by atoms with Gasteiger partial charge in [-0.25, -0.2) is 0 Å². The predicted octanol–water partition coefficient (Wildman–Crippen LogP) is 1.03. The van der Waals surface area contributed by atoms with Crippen LogP contribution in [0.25, 0.3) is 0 Å². The van der Waals surface area contributed by atoms with Crippen LogP contribution in [0.2, 0.25) is 0 Å². The van der Waals surface area contributed by atoms with Gasteiger partial charge in [-0.1, -0.05) is 6.07 Å². The summed E-state index contributed by atoms with van der Waals surface area (Å²) in [6.07, 6.45) is -0.831. The summed E-state index contributed by atoms with van der Waals surface area (Å²) in [5.41, 5.74) is 6.74. The van der Waals surface area contributed by atoms with Gasteiger partial charge in [0.2, 0.25) is 5.91 Å². The second kappa shape index (κ2) is 5.65. The van der Waals surface area contributed by atoms with E-state index in [0.29, 0.717) is 17.0 Å². The van der Waals surface area contributed by atoms with Crippen molar-refractivity contribution in [3.8, 4) is 5.75 Å². The summed E-state index contributed by atoms with van der Waals surface area (Å²) in [6, 6.07) is 4.64. The molecule has 0 aliphatic heterocycles. The molecule has 0 aliphatic rings. The van der Waals surface area contributed by atoms with Crippen LogP contribution in [0.5, 0.6) is 5.75 Å². The molecule has 4 N–H and O–H groups in total. The minimum absolute atomic E-state index is 0.212. The number of rotatable bonds is 4. The minimum atomic E-state index is -0.831. The van der Waals surface area contributed by atoms with E-state index in [4.69, 9.17) is 10.5 Å². The van der Waals surface area contributed by atoms with E-state index in [1.54, 1.807) is 25.1 Å². The van der Waals surface area contributed by atoms with Crippen LogP contribution in [0.15, 0.2) is 18.2 Å². The van der Waals surface area contributed by atoms with E-state index >= 15 is 0 Å². The third-order valence-corrected chi connectivity index (χ3v) is 2.39. The minimum Gasteiger partial charge on any atom is -0.497 e. The van der Waals surface area contributed by atoms with Crippen LogP contribution in [0.4, 0.5) is 5.69 Å². The molecule has 0 saturated heterocycles. The number of hydrogen-bond donors (Lipinski definition) is 3. The van der Waals surface area contributed by atoms with Crippen molar-refractivity contribution in [2.24, 2.45) is 5.73 Å². The molecule has 0 fully saturated rings. The normalized spacial score (nSPS) is 13.9. The molecule has 2 atom stereocenters. The molecule has 5 heteroatoms. The second-order valence-corrected chi connectivity index (χ2v) is 3.94. The number of ether oxygens (including phenoxy) is 1. The predicted molar refractivity (Wildman–Crippen MR) is 65.9 cm³/mol. The Hall–Kier alpha value is -1.59. The quantitative estimate of drug-likeness (QED) is 0.731. The van der Waals surface area contributed by atoms with Crippen molar-refractivity contribution in [1.82, 2.24) is 0 Å². The van der Waals surface area contributed by atoms with Crippen molar-refractivity contribution >= 4 is 11.6 Å². The molecule has 0 aliphatic carbocycles. The highest BCUT2D eigenvalue weighted by atomic mass is 16.5. The Morgan fingerprint density at radius 1 is 1.53 bits per heavy atom. The summed E-state index contributed by atoms with van der Waals surface area (Å²) in [5, 5.41) is 12.6. The molecule has 0 aromatic heterocycles. The number of nitrogens with two attached hydrogens (primary N) is 1. The molecule has 1 aromatic carbocycles. The van der Waals surface area contributed by atoms with Crippen LogP contribution >= 0.6 is 0 Å². The van der Waals surface area contributed by atoms with Crippen LogP contribution in [-0.4, -0.2) is 24.2 Å². The topological polar surface area (TPSA) is 84.6 Å². The van der Waals surface area contributed by atoms with Gasteiger partial charge in [-0.3, -0.25) is 4.79 Å². The van der Waals surface area contributed by atoms with Crippen LogP contribution in [0, 0.1) is 0 Å². The van der Waals surface area contributed by atoms with E-state index in [0.717, 1.165) is 0 Å².